The molecule has 206 valence electrons. The van der Waals surface area contributed by atoms with Gasteiger partial charge >= 0.3 is 0 Å². The minimum atomic E-state index is -3.43. The van der Waals surface area contributed by atoms with Crippen molar-refractivity contribution in [1.29, 1.82) is 0 Å². The fourth-order valence-corrected chi connectivity index (χ4v) is 5.67. The molecule has 41 heavy (non-hydrogen) atoms. The molecule has 5 aromatic rings. The van der Waals surface area contributed by atoms with Crippen LogP contribution < -0.4 is 14.5 Å². The third-order valence-corrected chi connectivity index (χ3v) is 7.65. The number of anilines is 2. The molecule has 0 unspecified atom stereocenters. The first-order valence-corrected chi connectivity index (χ1v) is 15.2. The molecular formula is C31H26ClN5O3S. The van der Waals surface area contributed by atoms with Gasteiger partial charge in [-0.3, -0.25) is 4.72 Å². The van der Waals surface area contributed by atoms with Crippen LogP contribution in [-0.4, -0.2) is 37.5 Å². The zero-order chi connectivity index (χ0) is 28.6. The van der Waals surface area contributed by atoms with E-state index >= 15 is 0 Å². The predicted octanol–water partition coefficient (Wildman–Crippen LogP) is 6.69. The molecule has 1 atom stereocenters. The van der Waals surface area contributed by atoms with E-state index in [1.807, 2.05) is 83.9 Å². The third-order valence-electron chi connectivity index (χ3n) is 6.81. The van der Waals surface area contributed by atoms with Crippen LogP contribution in [0.15, 0.2) is 102 Å². The molecule has 1 aliphatic heterocycles. The number of ether oxygens (including phenoxy) is 1. The number of fused-ring (bicyclic) bond motifs is 1. The number of halogens is 1. The van der Waals surface area contributed by atoms with Crippen LogP contribution in [0.1, 0.15) is 23.6 Å². The zero-order valence-corrected chi connectivity index (χ0v) is 23.9. The lowest BCUT2D eigenvalue weighted by atomic mass is 9.98. The summed E-state index contributed by atoms with van der Waals surface area (Å²) in [5.74, 6) is 1.20. The van der Waals surface area contributed by atoms with E-state index in [0.717, 1.165) is 51.0 Å². The minimum Gasteiger partial charge on any atom is -0.497 e. The van der Waals surface area contributed by atoms with Gasteiger partial charge in [-0.15, -0.1) is 0 Å². The number of sulfonamides is 1. The fourth-order valence-electron chi connectivity index (χ4n) is 4.94. The number of aromatic nitrogens is 2. The summed E-state index contributed by atoms with van der Waals surface area (Å²) in [6, 6.07) is 30.4. The van der Waals surface area contributed by atoms with Crippen LogP contribution in [0.2, 0.25) is 5.02 Å². The SMILES string of the molecule is COc1ccc([C@H]2CC(c3cccc(NS(C)(=O)=O)c3)=NN2c2nc(-c3ccccc3)c3cc(Cl)ccc3n2)cc1. The Bertz CT molecular complexity index is 1880. The largest absolute Gasteiger partial charge is 0.497 e. The lowest BCUT2D eigenvalue weighted by Crippen LogP contribution is -2.21. The van der Waals surface area contributed by atoms with Gasteiger partial charge in [0.25, 0.3) is 0 Å². The molecule has 6 rings (SSSR count). The summed E-state index contributed by atoms with van der Waals surface area (Å²) >= 11 is 6.37. The van der Waals surface area contributed by atoms with Crippen molar-refractivity contribution in [3.8, 4) is 17.0 Å². The molecule has 0 saturated heterocycles. The molecule has 0 saturated carbocycles. The maximum Gasteiger partial charge on any atom is 0.247 e. The molecular weight excluding hydrogens is 558 g/mol. The lowest BCUT2D eigenvalue weighted by Gasteiger charge is -2.23. The van der Waals surface area contributed by atoms with Crippen LogP contribution >= 0.6 is 11.6 Å². The summed E-state index contributed by atoms with van der Waals surface area (Å²) in [7, 11) is -1.79. The van der Waals surface area contributed by atoms with Gasteiger partial charge in [-0.25, -0.2) is 23.4 Å². The summed E-state index contributed by atoms with van der Waals surface area (Å²) in [5.41, 5.74) is 5.50. The second-order valence-electron chi connectivity index (χ2n) is 9.74. The van der Waals surface area contributed by atoms with Crippen molar-refractivity contribution in [2.24, 2.45) is 5.10 Å². The molecule has 0 bridgehead atoms. The summed E-state index contributed by atoms with van der Waals surface area (Å²) in [4.78, 5) is 9.95. The normalized spacial score (nSPS) is 15.1. The Labute approximate surface area is 243 Å². The number of nitrogens with zero attached hydrogens (tertiary/aromatic N) is 4. The average Bonchev–Trinajstić information content (AvgIpc) is 3.42. The first-order valence-electron chi connectivity index (χ1n) is 12.9. The van der Waals surface area contributed by atoms with E-state index in [2.05, 4.69) is 4.72 Å². The highest BCUT2D eigenvalue weighted by Gasteiger charge is 2.32. The molecule has 1 N–H and O–H groups in total. The predicted molar refractivity (Wildman–Crippen MR) is 164 cm³/mol. The molecule has 0 aliphatic carbocycles. The van der Waals surface area contributed by atoms with Gasteiger partial charge in [-0.05, 0) is 53.6 Å². The van der Waals surface area contributed by atoms with E-state index < -0.39 is 10.0 Å². The van der Waals surface area contributed by atoms with Gasteiger partial charge in [0.2, 0.25) is 16.0 Å². The van der Waals surface area contributed by atoms with Crippen molar-refractivity contribution in [3.05, 3.63) is 113 Å². The Morgan fingerprint density at radius 1 is 0.902 bits per heavy atom. The van der Waals surface area contributed by atoms with Crippen molar-refractivity contribution in [2.45, 2.75) is 12.5 Å². The highest BCUT2D eigenvalue weighted by molar-refractivity contribution is 7.92. The van der Waals surface area contributed by atoms with E-state index in [9.17, 15) is 8.42 Å². The Morgan fingerprint density at radius 2 is 1.66 bits per heavy atom. The van der Waals surface area contributed by atoms with E-state index in [1.54, 1.807) is 25.3 Å². The summed E-state index contributed by atoms with van der Waals surface area (Å²) in [6.07, 6.45) is 1.68. The van der Waals surface area contributed by atoms with E-state index in [4.69, 9.17) is 31.4 Å². The summed E-state index contributed by atoms with van der Waals surface area (Å²) in [5, 5.41) is 8.30. The Morgan fingerprint density at radius 3 is 2.39 bits per heavy atom. The van der Waals surface area contributed by atoms with E-state index in [0.29, 0.717) is 23.1 Å². The van der Waals surface area contributed by atoms with Crippen LogP contribution in [-0.2, 0) is 10.0 Å². The molecule has 1 aliphatic rings. The molecule has 0 radical (unpaired) electrons. The molecule has 0 fully saturated rings. The van der Waals surface area contributed by atoms with Gasteiger partial charge < -0.3 is 4.74 Å². The monoisotopic (exact) mass is 583 g/mol. The second-order valence-corrected chi connectivity index (χ2v) is 11.9. The molecule has 4 aromatic carbocycles. The first-order chi connectivity index (χ1) is 19.8. The van der Waals surface area contributed by atoms with Crippen molar-refractivity contribution in [1.82, 2.24) is 9.97 Å². The molecule has 1 aromatic heterocycles. The van der Waals surface area contributed by atoms with Gasteiger partial charge in [0, 0.05) is 28.1 Å². The Hall–Kier alpha value is -4.47. The summed E-state index contributed by atoms with van der Waals surface area (Å²) < 4.78 is 31.6. The van der Waals surface area contributed by atoms with Gasteiger partial charge in [-0.2, -0.15) is 5.10 Å². The third kappa shape index (κ3) is 5.73. The molecule has 0 spiro atoms. The zero-order valence-electron chi connectivity index (χ0n) is 22.3. The van der Waals surface area contributed by atoms with Crippen LogP contribution in [0.4, 0.5) is 11.6 Å². The van der Waals surface area contributed by atoms with Crippen LogP contribution in [0.25, 0.3) is 22.2 Å². The minimum absolute atomic E-state index is 0.212. The van der Waals surface area contributed by atoms with Crippen molar-refractivity contribution >= 4 is 49.9 Å². The van der Waals surface area contributed by atoms with Crippen LogP contribution in [0.3, 0.4) is 0 Å². The van der Waals surface area contributed by atoms with Gasteiger partial charge in [0.15, 0.2) is 0 Å². The lowest BCUT2D eigenvalue weighted by molar-refractivity contribution is 0.414. The van der Waals surface area contributed by atoms with Crippen LogP contribution in [0.5, 0.6) is 5.75 Å². The molecule has 2 heterocycles. The number of hydrogen-bond donors (Lipinski definition) is 1. The van der Waals surface area contributed by atoms with Crippen molar-refractivity contribution in [3.63, 3.8) is 0 Å². The second kappa shape index (κ2) is 10.8. The number of benzene rings is 4. The average molecular weight is 584 g/mol. The Kier molecular flexibility index (Phi) is 7.07. The molecule has 8 nitrogen and oxygen atoms in total. The highest BCUT2D eigenvalue weighted by Crippen LogP contribution is 2.38. The Balaban J connectivity index is 1.50. The van der Waals surface area contributed by atoms with Gasteiger partial charge in [-0.1, -0.05) is 66.2 Å². The van der Waals surface area contributed by atoms with E-state index in [-0.39, 0.29) is 6.04 Å². The van der Waals surface area contributed by atoms with E-state index in [1.165, 1.54) is 0 Å². The highest BCUT2D eigenvalue weighted by atomic mass is 35.5. The van der Waals surface area contributed by atoms with Crippen molar-refractivity contribution in [2.75, 3.05) is 23.1 Å². The summed E-state index contributed by atoms with van der Waals surface area (Å²) in [6.45, 7) is 0. The van der Waals surface area contributed by atoms with Crippen molar-refractivity contribution < 1.29 is 13.2 Å². The number of rotatable bonds is 7. The maximum atomic E-state index is 11.9. The number of hydrazone groups is 1. The quantitative estimate of drug-likeness (QED) is 0.229. The van der Waals surface area contributed by atoms with Gasteiger partial charge in [0.1, 0.15) is 5.75 Å². The van der Waals surface area contributed by atoms with Gasteiger partial charge in [0.05, 0.1) is 36.3 Å². The number of hydrogen-bond acceptors (Lipinski definition) is 7. The number of nitrogens with one attached hydrogen (secondary N) is 1. The number of methoxy groups -OCH3 is 1. The fraction of sp³-hybridized carbons (Fsp3) is 0.129. The standard InChI is InChI=1S/C31H26ClN5O3S/c1-40-25-14-11-20(12-15-25)29-19-28(22-9-6-10-24(17-22)36-41(2,38)39)35-37(29)31-33-27-16-13-23(32)18-26(27)30(34-31)21-7-4-3-5-8-21/h3-18,29,36H,19H2,1-2H3/t29-/m1/s1. The smallest absolute Gasteiger partial charge is 0.247 e. The molecule has 10 heteroatoms. The topological polar surface area (TPSA) is 96.8 Å². The maximum absolute atomic E-state index is 11.9. The van der Waals surface area contributed by atoms with Crippen LogP contribution in [0, 0.1) is 0 Å². The first kappa shape index (κ1) is 26.7. The molecule has 0 amide bonds.